The second kappa shape index (κ2) is 9.93. The lowest BCUT2D eigenvalue weighted by atomic mass is 9.94. The Morgan fingerprint density at radius 2 is 1.69 bits per heavy atom. The van der Waals surface area contributed by atoms with Crippen LogP contribution < -0.4 is 14.4 Å². The van der Waals surface area contributed by atoms with Crippen LogP contribution >= 0.6 is 0 Å². The van der Waals surface area contributed by atoms with Crippen LogP contribution in [0.15, 0.2) is 72.3 Å². The second-order valence-corrected chi connectivity index (χ2v) is 8.07. The fourth-order valence-electron chi connectivity index (χ4n) is 4.30. The molecule has 2 N–H and O–H groups in total. The number of amides is 1. The van der Waals surface area contributed by atoms with Gasteiger partial charge in [0.2, 0.25) is 0 Å². The zero-order valence-electron chi connectivity index (χ0n) is 19.8. The molecule has 1 aliphatic rings. The van der Waals surface area contributed by atoms with Crippen LogP contribution in [0.5, 0.6) is 17.2 Å². The Hall–Kier alpha value is -4.26. The predicted molar refractivity (Wildman–Crippen MR) is 133 cm³/mol. The lowest BCUT2D eigenvalue weighted by Crippen LogP contribution is -2.30. The Balaban J connectivity index is 1.97. The maximum atomic E-state index is 13.4. The maximum absolute atomic E-state index is 13.4. The molecule has 4 rings (SSSR count). The molecule has 7 nitrogen and oxygen atoms in total. The standard InChI is InChI=1S/C28H27NO6/c1-4-34-20-13-14-21(23(16-20)35-5-2)26(31)24-25(18-10-8-11-19(30)15-18)29(28(33)27(24)32)22-12-7-6-9-17(22)3/h6-16,25,30-31H,4-5H2,1-3H3/b26-24-. The molecule has 0 aliphatic carbocycles. The minimum atomic E-state index is -0.954. The lowest BCUT2D eigenvalue weighted by Gasteiger charge is -2.27. The fourth-order valence-corrected chi connectivity index (χ4v) is 4.30. The number of nitrogens with zero attached hydrogens (tertiary/aromatic N) is 1. The quantitative estimate of drug-likeness (QED) is 0.281. The van der Waals surface area contributed by atoms with E-state index in [1.54, 1.807) is 49.4 Å². The summed E-state index contributed by atoms with van der Waals surface area (Å²) in [6, 6.07) is 17.5. The van der Waals surface area contributed by atoms with Gasteiger partial charge in [0.25, 0.3) is 11.7 Å². The molecule has 0 saturated carbocycles. The van der Waals surface area contributed by atoms with E-state index in [1.807, 2.05) is 26.0 Å². The number of anilines is 1. The highest BCUT2D eigenvalue weighted by Crippen LogP contribution is 2.44. The van der Waals surface area contributed by atoms with Crippen LogP contribution in [-0.4, -0.2) is 35.1 Å². The molecule has 1 saturated heterocycles. The summed E-state index contributed by atoms with van der Waals surface area (Å²) >= 11 is 0. The number of rotatable bonds is 7. The van der Waals surface area contributed by atoms with Crippen LogP contribution in [0.25, 0.3) is 5.76 Å². The van der Waals surface area contributed by atoms with E-state index >= 15 is 0 Å². The van der Waals surface area contributed by atoms with Crippen LogP contribution in [-0.2, 0) is 9.59 Å². The number of benzene rings is 3. The van der Waals surface area contributed by atoms with Gasteiger partial charge in [-0.25, -0.2) is 0 Å². The molecule has 0 spiro atoms. The molecule has 180 valence electrons. The second-order valence-electron chi connectivity index (χ2n) is 8.07. The number of hydrogen-bond acceptors (Lipinski definition) is 6. The number of aromatic hydroxyl groups is 1. The summed E-state index contributed by atoms with van der Waals surface area (Å²) in [4.78, 5) is 28.1. The number of phenols is 1. The first kappa shape index (κ1) is 23.9. The van der Waals surface area contributed by atoms with Crippen molar-refractivity contribution in [3.05, 3.63) is 89.0 Å². The molecule has 7 heteroatoms. The molecule has 3 aromatic carbocycles. The van der Waals surface area contributed by atoms with E-state index < -0.39 is 17.7 Å². The van der Waals surface area contributed by atoms with Crippen molar-refractivity contribution in [3.63, 3.8) is 0 Å². The molecule has 1 unspecified atom stereocenters. The molecule has 1 amide bonds. The highest BCUT2D eigenvalue weighted by molar-refractivity contribution is 6.51. The van der Waals surface area contributed by atoms with Crippen molar-refractivity contribution in [1.29, 1.82) is 0 Å². The minimum absolute atomic E-state index is 0.0195. The Kier molecular flexibility index (Phi) is 6.78. The van der Waals surface area contributed by atoms with E-state index in [2.05, 4.69) is 0 Å². The Morgan fingerprint density at radius 1 is 0.943 bits per heavy atom. The largest absolute Gasteiger partial charge is 0.508 e. The van der Waals surface area contributed by atoms with Gasteiger partial charge in [-0.3, -0.25) is 14.5 Å². The first-order valence-electron chi connectivity index (χ1n) is 11.4. The number of carbonyl (C=O) groups is 2. The van der Waals surface area contributed by atoms with Gasteiger partial charge in [-0.2, -0.15) is 0 Å². The Morgan fingerprint density at radius 3 is 2.37 bits per heavy atom. The van der Waals surface area contributed by atoms with E-state index in [-0.39, 0.29) is 22.6 Å². The lowest BCUT2D eigenvalue weighted by molar-refractivity contribution is -0.132. The van der Waals surface area contributed by atoms with E-state index in [0.29, 0.717) is 36.0 Å². The summed E-state index contributed by atoms with van der Waals surface area (Å²) in [7, 11) is 0. The predicted octanol–water partition coefficient (Wildman–Crippen LogP) is 5.12. The highest BCUT2D eigenvalue weighted by atomic mass is 16.5. The zero-order valence-corrected chi connectivity index (χ0v) is 19.8. The summed E-state index contributed by atoms with van der Waals surface area (Å²) in [6.45, 7) is 6.28. The average molecular weight is 474 g/mol. The highest BCUT2D eigenvalue weighted by Gasteiger charge is 2.47. The summed E-state index contributed by atoms with van der Waals surface area (Å²) in [5.41, 5.74) is 1.99. The summed E-state index contributed by atoms with van der Waals surface area (Å²) in [5, 5.41) is 21.6. The van der Waals surface area contributed by atoms with Gasteiger partial charge in [0.15, 0.2) is 0 Å². The van der Waals surface area contributed by atoms with Gasteiger partial charge in [-0.1, -0.05) is 30.3 Å². The van der Waals surface area contributed by atoms with E-state index in [9.17, 15) is 19.8 Å². The topological polar surface area (TPSA) is 96.3 Å². The third kappa shape index (κ3) is 4.45. The van der Waals surface area contributed by atoms with Gasteiger partial charge < -0.3 is 19.7 Å². The monoisotopic (exact) mass is 473 g/mol. The van der Waals surface area contributed by atoms with Crippen molar-refractivity contribution in [2.24, 2.45) is 0 Å². The Labute approximate surface area is 203 Å². The van der Waals surface area contributed by atoms with Gasteiger partial charge in [-0.05, 0) is 62.2 Å². The molecule has 0 radical (unpaired) electrons. The molecule has 1 atom stereocenters. The van der Waals surface area contributed by atoms with Crippen molar-refractivity contribution in [2.45, 2.75) is 26.8 Å². The van der Waals surface area contributed by atoms with Crippen molar-refractivity contribution < 1.29 is 29.3 Å². The van der Waals surface area contributed by atoms with Gasteiger partial charge in [0.1, 0.15) is 23.0 Å². The molecule has 3 aromatic rings. The van der Waals surface area contributed by atoms with Crippen LogP contribution in [0, 0.1) is 6.92 Å². The number of aryl methyl sites for hydroxylation is 1. The van der Waals surface area contributed by atoms with E-state index in [1.165, 1.54) is 17.0 Å². The summed E-state index contributed by atoms with van der Waals surface area (Å²) in [5.74, 6) is -1.09. The first-order chi connectivity index (χ1) is 16.9. The summed E-state index contributed by atoms with van der Waals surface area (Å²) < 4.78 is 11.3. The fraction of sp³-hybridized carbons (Fsp3) is 0.214. The Bertz CT molecular complexity index is 1310. The molecule has 35 heavy (non-hydrogen) atoms. The van der Waals surface area contributed by atoms with Crippen LogP contribution in [0.3, 0.4) is 0 Å². The van der Waals surface area contributed by atoms with Crippen LogP contribution in [0.1, 0.15) is 36.6 Å². The minimum Gasteiger partial charge on any atom is -0.508 e. The molecule has 0 aromatic heterocycles. The van der Waals surface area contributed by atoms with Gasteiger partial charge >= 0.3 is 0 Å². The van der Waals surface area contributed by atoms with Crippen LogP contribution in [0.4, 0.5) is 5.69 Å². The average Bonchev–Trinajstić information content (AvgIpc) is 3.10. The maximum Gasteiger partial charge on any atom is 0.300 e. The van der Waals surface area contributed by atoms with Crippen molar-refractivity contribution in [2.75, 3.05) is 18.1 Å². The van der Waals surface area contributed by atoms with Crippen molar-refractivity contribution in [3.8, 4) is 17.2 Å². The zero-order chi connectivity index (χ0) is 25.1. The van der Waals surface area contributed by atoms with Gasteiger partial charge in [0.05, 0.1) is 30.4 Å². The molecular weight excluding hydrogens is 446 g/mol. The number of carbonyl (C=O) groups excluding carboxylic acids is 2. The van der Waals surface area contributed by atoms with Crippen molar-refractivity contribution >= 4 is 23.1 Å². The smallest absolute Gasteiger partial charge is 0.300 e. The normalized spacial score (nSPS) is 17.0. The third-order valence-electron chi connectivity index (χ3n) is 5.82. The van der Waals surface area contributed by atoms with E-state index in [0.717, 1.165) is 5.56 Å². The number of ether oxygens (including phenoxy) is 2. The SMILES string of the molecule is CCOc1ccc(/C(O)=C2/C(=O)C(=O)N(c3ccccc3C)C2c2cccc(O)c2)c(OCC)c1. The molecule has 0 bridgehead atoms. The molecule has 1 aliphatic heterocycles. The van der Waals surface area contributed by atoms with Gasteiger partial charge in [-0.15, -0.1) is 0 Å². The number of aliphatic hydroxyl groups is 1. The number of para-hydroxylation sites is 1. The first-order valence-corrected chi connectivity index (χ1v) is 11.4. The third-order valence-corrected chi connectivity index (χ3v) is 5.82. The number of Topliss-reactive ketones (excluding diaryl/α,β-unsaturated/α-hetero) is 1. The van der Waals surface area contributed by atoms with Crippen molar-refractivity contribution in [1.82, 2.24) is 0 Å². The van der Waals surface area contributed by atoms with Gasteiger partial charge in [0, 0.05) is 11.8 Å². The van der Waals surface area contributed by atoms with Crippen LogP contribution in [0.2, 0.25) is 0 Å². The number of ketones is 1. The number of phenolic OH excluding ortho intramolecular Hbond substituents is 1. The summed E-state index contributed by atoms with van der Waals surface area (Å²) in [6.07, 6.45) is 0. The molecule has 1 fully saturated rings. The number of aliphatic hydroxyl groups excluding tert-OH is 1. The number of hydrogen-bond donors (Lipinski definition) is 2. The van der Waals surface area contributed by atoms with E-state index in [4.69, 9.17) is 9.47 Å². The molecule has 1 heterocycles. The molecular formula is C28H27NO6.